The first kappa shape index (κ1) is 11.8. The van der Waals surface area contributed by atoms with Crippen molar-refractivity contribution in [1.29, 1.82) is 0 Å². The van der Waals surface area contributed by atoms with E-state index in [1.165, 1.54) is 17.5 Å². The Morgan fingerprint density at radius 3 is 3.00 bits per heavy atom. The molecule has 5 nitrogen and oxygen atoms in total. The Morgan fingerprint density at radius 1 is 1.67 bits per heavy atom. The second-order valence-corrected chi connectivity index (χ2v) is 3.52. The third-order valence-electron chi connectivity index (χ3n) is 2.09. The molecule has 0 unspecified atom stereocenters. The topological polar surface area (TPSA) is 64.3 Å². The first-order valence-electron chi connectivity index (χ1n) is 4.61. The van der Waals surface area contributed by atoms with Gasteiger partial charge in [0.1, 0.15) is 6.54 Å². The molecule has 0 bridgehead atoms. The number of rotatable bonds is 5. The number of halogens is 1. The van der Waals surface area contributed by atoms with Crippen molar-refractivity contribution in [3.05, 3.63) is 12.4 Å². The summed E-state index contributed by atoms with van der Waals surface area (Å²) in [6.45, 7) is 0.603. The Kier molecular flexibility index (Phi) is 3.96. The summed E-state index contributed by atoms with van der Waals surface area (Å²) in [5.74, 6) is 0.442. The van der Waals surface area contributed by atoms with Crippen LogP contribution in [0.2, 0.25) is 0 Å². The Morgan fingerprint density at radius 2 is 2.40 bits per heavy atom. The molecule has 0 amide bonds. The van der Waals surface area contributed by atoms with Crippen molar-refractivity contribution in [3.8, 4) is 5.75 Å². The van der Waals surface area contributed by atoms with Gasteiger partial charge in [-0.3, -0.25) is 9.48 Å². The zero-order chi connectivity index (χ0) is 9.97. The van der Waals surface area contributed by atoms with E-state index >= 15 is 0 Å². The predicted molar refractivity (Wildman–Crippen MR) is 55.3 cm³/mol. The minimum Gasteiger partial charge on any atom is -0.490 e. The van der Waals surface area contributed by atoms with E-state index in [1.807, 2.05) is 0 Å². The van der Waals surface area contributed by atoms with Crippen LogP contribution in [0.25, 0.3) is 0 Å². The molecule has 15 heavy (non-hydrogen) atoms. The van der Waals surface area contributed by atoms with E-state index in [9.17, 15) is 4.79 Å². The van der Waals surface area contributed by atoms with Gasteiger partial charge in [0, 0.05) is 0 Å². The lowest BCUT2D eigenvalue weighted by molar-refractivity contribution is -0.137. The van der Waals surface area contributed by atoms with Crippen LogP contribution in [0.3, 0.4) is 0 Å². The van der Waals surface area contributed by atoms with Crippen molar-refractivity contribution in [3.63, 3.8) is 0 Å². The highest BCUT2D eigenvalue weighted by atomic mass is 35.5. The molecule has 84 valence electrons. The van der Waals surface area contributed by atoms with Gasteiger partial charge in [-0.1, -0.05) is 0 Å². The Hall–Kier alpha value is -1.23. The fourth-order valence-electron chi connectivity index (χ4n) is 1.14. The normalized spacial score (nSPS) is 14.4. The molecule has 1 saturated carbocycles. The summed E-state index contributed by atoms with van der Waals surface area (Å²) in [6, 6.07) is 0. The van der Waals surface area contributed by atoms with Crippen LogP contribution < -0.4 is 4.74 Å². The minimum absolute atomic E-state index is 0. The van der Waals surface area contributed by atoms with E-state index in [4.69, 9.17) is 9.84 Å². The Labute approximate surface area is 93.4 Å². The minimum atomic E-state index is -0.901. The Bertz CT molecular complexity index is 336. The molecule has 1 aliphatic carbocycles. The van der Waals surface area contributed by atoms with Gasteiger partial charge in [-0.2, -0.15) is 5.10 Å². The SMILES string of the molecule is Cl.O=C(O)Cn1cc(OCC2CC2)cn1. The summed E-state index contributed by atoms with van der Waals surface area (Å²) in [6.07, 6.45) is 5.63. The molecular weight excluding hydrogens is 220 g/mol. The molecule has 0 saturated heterocycles. The van der Waals surface area contributed by atoms with Crippen LogP contribution in [0.15, 0.2) is 12.4 Å². The number of aromatic nitrogens is 2. The van der Waals surface area contributed by atoms with Crippen LogP contribution in [0.4, 0.5) is 0 Å². The van der Waals surface area contributed by atoms with Gasteiger partial charge in [-0.05, 0) is 18.8 Å². The zero-order valence-corrected chi connectivity index (χ0v) is 8.94. The third-order valence-corrected chi connectivity index (χ3v) is 2.09. The standard InChI is InChI=1S/C9H12N2O3.ClH/c12-9(13)5-11-4-8(3-10-11)14-6-7-1-2-7;/h3-4,7H,1-2,5-6H2,(H,12,13);1H. The lowest BCUT2D eigenvalue weighted by Crippen LogP contribution is -2.08. The molecule has 1 aliphatic rings. The molecule has 1 aromatic rings. The number of hydrogen-bond acceptors (Lipinski definition) is 3. The molecule has 1 N–H and O–H groups in total. The summed E-state index contributed by atoms with van der Waals surface area (Å²) in [5.41, 5.74) is 0. The van der Waals surface area contributed by atoms with Gasteiger partial charge < -0.3 is 9.84 Å². The maximum absolute atomic E-state index is 10.4. The molecular formula is C9H13ClN2O3. The van der Waals surface area contributed by atoms with Gasteiger partial charge in [-0.15, -0.1) is 12.4 Å². The average molecular weight is 233 g/mol. The molecule has 2 rings (SSSR count). The van der Waals surface area contributed by atoms with E-state index in [-0.39, 0.29) is 19.0 Å². The number of aliphatic carboxylic acids is 1. The largest absolute Gasteiger partial charge is 0.490 e. The number of ether oxygens (including phenoxy) is 1. The van der Waals surface area contributed by atoms with Gasteiger partial charge in [-0.25, -0.2) is 0 Å². The molecule has 1 fully saturated rings. The monoisotopic (exact) mass is 232 g/mol. The number of carbonyl (C=O) groups is 1. The molecule has 0 spiro atoms. The maximum atomic E-state index is 10.4. The summed E-state index contributed by atoms with van der Waals surface area (Å²) in [7, 11) is 0. The van der Waals surface area contributed by atoms with Gasteiger partial charge in [0.05, 0.1) is 19.0 Å². The van der Waals surface area contributed by atoms with Crippen molar-refractivity contribution in [2.24, 2.45) is 5.92 Å². The van der Waals surface area contributed by atoms with Crippen LogP contribution in [0.1, 0.15) is 12.8 Å². The molecule has 0 radical (unpaired) electrons. The third kappa shape index (κ3) is 3.79. The summed E-state index contributed by atoms with van der Waals surface area (Å²) in [4.78, 5) is 10.4. The smallest absolute Gasteiger partial charge is 0.325 e. The highest BCUT2D eigenvalue weighted by Crippen LogP contribution is 2.29. The van der Waals surface area contributed by atoms with Crippen LogP contribution in [0.5, 0.6) is 5.75 Å². The van der Waals surface area contributed by atoms with E-state index in [1.54, 1.807) is 12.4 Å². The quantitative estimate of drug-likeness (QED) is 0.828. The molecule has 0 atom stereocenters. The van der Waals surface area contributed by atoms with Crippen molar-refractivity contribution in [1.82, 2.24) is 9.78 Å². The fourth-order valence-corrected chi connectivity index (χ4v) is 1.14. The summed E-state index contributed by atoms with van der Waals surface area (Å²) in [5, 5.41) is 12.4. The first-order chi connectivity index (χ1) is 6.74. The molecule has 1 heterocycles. The van der Waals surface area contributed by atoms with E-state index < -0.39 is 5.97 Å². The molecule has 1 aromatic heterocycles. The first-order valence-corrected chi connectivity index (χ1v) is 4.61. The van der Waals surface area contributed by atoms with Gasteiger partial charge >= 0.3 is 5.97 Å². The molecule has 6 heteroatoms. The zero-order valence-electron chi connectivity index (χ0n) is 8.13. The number of nitrogens with zero attached hydrogens (tertiary/aromatic N) is 2. The van der Waals surface area contributed by atoms with Crippen LogP contribution in [0, 0.1) is 5.92 Å². The van der Waals surface area contributed by atoms with Gasteiger partial charge in [0.25, 0.3) is 0 Å². The van der Waals surface area contributed by atoms with E-state index in [0.29, 0.717) is 11.7 Å². The Balaban J connectivity index is 0.00000112. The lowest BCUT2D eigenvalue weighted by atomic mass is 10.5. The average Bonchev–Trinajstić information content (AvgIpc) is 2.84. The number of carboxylic acid groups (broad SMARTS) is 1. The fraction of sp³-hybridized carbons (Fsp3) is 0.556. The second kappa shape index (κ2) is 5.02. The van der Waals surface area contributed by atoms with Crippen LogP contribution >= 0.6 is 12.4 Å². The maximum Gasteiger partial charge on any atom is 0.325 e. The number of hydrogen-bond donors (Lipinski definition) is 1. The predicted octanol–water partition coefficient (Wildman–Crippen LogP) is 1.18. The second-order valence-electron chi connectivity index (χ2n) is 3.52. The summed E-state index contributed by atoms with van der Waals surface area (Å²) >= 11 is 0. The van der Waals surface area contributed by atoms with Gasteiger partial charge in [0.15, 0.2) is 5.75 Å². The molecule has 0 aliphatic heterocycles. The van der Waals surface area contributed by atoms with Crippen LogP contribution in [-0.4, -0.2) is 27.5 Å². The van der Waals surface area contributed by atoms with E-state index in [2.05, 4.69) is 5.10 Å². The summed E-state index contributed by atoms with van der Waals surface area (Å²) < 4.78 is 6.77. The van der Waals surface area contributed by atoms with Crippen LogP contribution in [-0.2, 0) is 11.3 Å². The highest BCUT2D eigenvalue weighted by Gasteiger charge is 2.22. The van der Waals surface area contributed by atoms with Gasteiger partial charge in [0.2, 0.25) is 0 Å². The van der Waals surface area contributed by atoms with Crippen molar-refractivity contribution in [2.75, 3.05) is 6.61 Å². The number of carboxylic acids is 1. The van der Waals surface area contributed by atoms with Crippen molar-refractivity contribution >= 4 is 18.4 Å². The van der Waals surface area contributed by atoms with Crippen molar-refractivity contribution < 1.29 is 14.6 Å². The highest BCUT2D eigenvalue weighted by molar-refractivity contribution is 5.85. The van der Waals surface area contributed by atoms with E-state index in [0.717, 1.165) is 6.61 Å². The van der Waals surface area contributed by atoms with Crippen molar-refractivity contribution in [2.45, 2.75) is 19.4 Å². The lowest BCUT2D eigenvalue weighted by Gasteiger charge is -1.99. The molecule has 0 aromatic carbocycles.